The average molecular weight is 264 g/mol. The quantitative estimate of drug-likeness (QED) is 0.476. The molecule has 0 aliphatic rings. The largest absolute Gasteiger partial charge is 0.247 e. The van der Waals surface area contributed by atoms with E-state index < -0.39 is 6.17 Å². The zero-order valence-electron chi connectivity index (χ0n) is 12.8. The van der Waals surface area contributed by atoms with E-state index in [1.807, 2.05) is 0 Å². The Balaban J connectivity index is 2.41. The van der Waals surface area contributed by atoms with Gasteiger partial charge in [0.25, 0.3) is 0 Å². The van der Waals surface area contributed by atoms with Gasteiger partial charge in [-0.15, -0.1) is 0 Å². The summed E-state index contributed by atoms with van der Waals surface area (Å²) in [5, 5.41) is 0. The van der Waals surface area contributed by atoms with Gasteiger partial charge in [-0.3, -0.25) is 0 Å². The smallest absolute Gasteiger partial charge is 0.101 e. The second-order valence-corrected chi connectivity index (χ2v) is 5.72. The van der Waals surface area contributed by atoms with Gasteiger partial charge < -0.3 is 0 Å². The van der Waals surface area contributed by atoms with Crippen molar-refractivity contribution in [2.75, 3.05) is 0 Å². The molecule has 0 heterocycles. The molecule has 2 atom stereocenters. The summed E-state index contributed by atoms with van der Waals surface area (Å²) in [5.41, 5.74) is 2.66. The van der Waals surface area contributed by atoms with E-state index in [-0.39, 0.29) is 0 Å². The number of halogens is 1. The summed E-state index contributed by atoms with van der Waals surface area (Å²) in [4.78, 5) is 0. The minimum Gasteiger partial charge on any atom is -0.247 e. The van der Waals surface area contributed by atoms with Crippen LogP contribution in [-0.4, -0.2) is 6.17 Å². The number of aryl methyl sites for hydroxylation is 1. The summed E-state index contributed by atoms with van der Waals surface area (Å²) < 4.78 is 13.9. The number of hydrogen-bond donors (Lipinski definition) is 0. The molecule has 0 nitrogen and oxygen atoms in total. The molecule has 108 valence electrons. The van der Waals surface area contributed by atoms with E-state index in [1.165, 1.54) is 24.0 Å². The van der Waals surface area contributed by atoms with Crippen LogP contribution in [0, 0.1) is 0 Å². The molecule has 0 saturated heterocycles. The molecular formula is C18H29F. The van der Waals surface area contributed by atoms with E-state index in [4.69, 9.17) is 0 Å². The Hall–Kier alpha value is -0.850. The van der Waals surface area contributed by atoms with Crippen LogP contribution >= 0.6 is 0 Å². The Morgan fingerprint density at radius 3 is 2.26 bits per heavy atom. The third-order valence-electron chi connectivity index (χ3n) is 3.82. The molecule has 0 N–H and O–H groups in total. The molecule has 0 bridgehead atoms. The highest BCUT2D eigenvalue weighted by Gasteiger charge is 2.13. The van der Waals surface area contributed by atoms with Crippen molar-refractivity contribution in [2.45, 2.75) is 77.8 Å². The fraction of sp³-hybridized carbons (Fsp3) is 0.667. The highest BCUT2D eigenvalue weighted by Crippen LogP contribution is 2.24. The number of hydrogen-bond acceptors (Lipinski definition) is 0. The van der Waals surface area contributed by atoms with Crippen LogP contribution in [0.4, 0.5) is 4.39 Å². The Kier molecular flexibility index (Phi) is 7.78. The monoisotopic (exact) mass is 264 g/mol. The standard InChI is InChI=1S/C18H29F/c1-4-6-7-9-18(19)14-15(3)17-12-10-16(8-5-2)11-13-17/h10-13,15,18H,4-9,14H2,1-3H3. The number of unbranched alkanes of at least 4 members (excludes halogenated alkanes) is 2. The van der Waals surface area contributed by atoms with Crippen LogP contribution in [-0.2, 0) is 6.42 Å². The summed E-state index contributed by atoms with van der Waals surface area (Å²) >= 11 is 0. The van der Waals surface area contributed by atoms with Crippen molar-refractivity contribution in [3.8, 4) is 0 Å². The van der Waals surface area contributed by atoms with Gasteiger partial charge in [0.1, 0.15) is 6.17 Å². The molecule has 0 aliphatic carbocycles. The topological polar surface area (TPSA) is 0 Å². The molecule has 1 heteroatoms. The third kappa shape index (κ3) is 6.22. The van der Waals surface area contributed by atoms with Crippen molar-refractivity contribution in [3.63, 3.8) is 0 Å². The minimum absolute atomic E-state index is 0.326. The molecule has 1 rings (SSSR count). The molecule has 0 amide bonds. The Bertz CT molecular complexity index is 328. The minimum atomic E-state index is -0.642. The average Bonchev–Trinajstić information content (AvgIpc) is 2.40. The van der Waals surface area contributed by atoms with E-state index in [0.29, 0.717) is 12.3 Å². The summed E-state index contributed by atoms with van der Waals surface area (Å²) in [7, 11) is 0. The SMILES string of the molecule is CCCCCC(F)CC(C)c1ccc(CCC)cc1. The number of rotatable bonds is 9. The maximum atomic E-state index is 13.9. The van der Waals surface area contributed by atoms with Gasteiger partial charge in [0.2, 0.25) is 0 Å². The zero-order chi connectivity index (χ0) is 14.1. The fourth-order valence-electron chi connectivity index (χ4n) is 2.55. The fourth-order valence-corrected chi connectivity index (χ4v) is 2.55. The molecule has 0 spiro atoms. The molecule has 0 saturated carbocycles. The van der Waals surface area contributed by atoms with Crippen LogP contribution < -0.4 is 0 Å². The van der Waals surface area contributed by atoms with Crippen LogP contribution in [0.5, 0.6) is 0 Å². The number of benzene rings is 1. The van der Waals surface area contributed by atoms with Gasteiger partial charge in [0.05, 0.1) is 0 Å². The summed E-state index contributed by atoms with van der Waals surface area (Å²) in [6, 6.07) is 8.74. The highest BCUT2D eigenvalue weighted by atomic mass is 19.1. The first kappa shape index (κ1) is 16.2. The first-order chi connectivity index (χ1) is 9.17. The van der Waals surface area contributed by atoms with Gasteiger partial charge in [-0.05, 0) is 36.3 Å². The van der Waals surface area contributed by atoms with E-state index in [1.54, 1.807) is 0 Å². The zero-order valence-corrected chi connectivity index (χ0v) is 12.8. The van der Waals surface area contributed by atoms with Crippen LogP contribution in [0.2, 0.25) is 0 Å². The molecule has 1 aromatic rings. The lowest BCUT2D eigenvalue weighted by molar-refractivity contribution is 0.275. The lowest BCUT2D eigenvalue weighted by Gasteiger charge is -2.15. The van der Waals surface area contributed by atoms with Gasteiger partial charge in [0, 0.05) is 0 Å². The van der Waals surface area contributed by atoms with E-state index in [2.05, 4.69) is 45.0 Å². The Labute approximate surface area is 118 Å². The van der Waals surface area contributed by atoms with Crippen molar-refractivity contribution in [1.82, 2.24) is 0 Å². The van der Waals surface area contributed by atoms with Crippen molar-refractivity contribution < 1.29 is 4.39 Å². The lowest BCUT2D eigenvalue weighted by Crippen LogP contribution is -2.06. The molecular weight excluding hydrogens is 235 g/mol. The van der Waals surface area contributed by atoms with Gasteiger partial charge in [-0.1, -0.05) is 70.7 Å². The summed E-state index contributed by atoms with van der Waals surface area (Å²) in [5.74, 6) is 0.326. The maximum Gasteiger partial charge on any atom is 0.101 e. The second-order valence-electron chi connectivity index (χ2n) is 5.72. The Morgan fingerprint density at radius 1 is 1.00 bits per heavy atom. The molecule has 2 unspecified atom stereocenters. The summed E-state index contributed by atoms with van der Waals surface area (Å²) in [6.07, 6.45) is 6.41. The first-order valence-corrected chi connectivity index (χ1v) is 7.90. The predicted molar refractivity (Wildman–Crippen MR) is 82.5 cm³/mol. The van der Waals surface area contributed by atoms with Crippen molar-refractivity contribution >= 4 is 0 Å². The van der Waals surface area contributed by atoms with Gasteiger partial charge in [-0.2, -0.15) is 0 Å². The van der Waals surface area contributed by atoms with E-state index >= 15 is 0 Å². The molecule has 1 aromatic carbocycles. The maximum absolute atomic E-state index is 13.9. The van der Waals surface area contributed by atoms with E-state index in [0.717, 1.165) is 25.7 Å². The van der Waals surface area contributed by atoms with Gasteiger partial charge >= 0.3 is 0 Å². The lowest BCUT2D eigenvalue weighted by atomic mass is 9.92. The Morgan fingerprint density at radius 2 is 1.68 bits per heavy atom. The number of alkyl halides is 1. The molecule has 0 radical (unpaired) electrons. The highest BCUT2D eigenvalue weighted by molar-refractivity contribution is 5.25. The van der Waals surface area contributed by atoms with Crippen LogP contribution in [0.25, 0.3) is 0 Å². The predicted octanol–water partition coefficient (Wildman–Crippen LogP) is 6.05. The van der Waals surface area contributed by atoms with E-state index in [9.17, 15) is 4.39 Å². The summed E-state index contributed by atoms with van der Waals surface area (Å²) in [6.45, 7) is 6.50. The van der Waals surface area contributed by atoms with Crippen LogP contribution in [0.15, 0.2) is 24.3 Å². The first-order valence-electron chi connectivity index (χ1n) is 7.90. The van der Waals surface area contributed by atoms with Gasteiger partial charge in [0.15, 0.2) is 0 Å². The third-order valence-corrected chi connectivity index (χ3v) is 3.82. The van der Waals surface area contributed by atoms with Gasteiger partial charge in [-0.25, -0.2) is 4.39 Å². The molecule has 0 aromatic heterocycles. The second kappa shape index (κ2) is 9.12. The molecule has 0 aliphatic heterocycles. The van der Waals surface area contributed by atoms with Crippen molar-refractivity contribution in [1.29, 1.82) is 0 Å². The normalized spacial score (nSPS) is 14.3. The van der Waals surface area contributed by atoms with Crippen molar-refractivity contribution in [2.24, 2.45) is 0 Å². The van der Waals surface area contributed by atoms with Crippen molar-refractivity contribution in [3.05, 3.63) is 35.4 Å². The molecule has 19 heavy (non-hydrogen) atoms. The van der Waals surface area contributed by atoms with Crippen LogP contribution in [0.1, 0.15) is 76.3 Å². The van der Waals surface area contributed by atoms with Crippen LogP contribution in [0.3, 0.4) is 0 Å². The molecule has 0 fully saturated rings.